The molecule has 0 radical (unpaired) electrons. The van der Waals surface area contributed by atoms with E-state index in [1.165, 1.54) is 6.07 Å². The van der Waals surface area contributed by atoms with E-state index in [9.17, 15) is 10.1 Å². The smallest absolute Gasteiger partial charge is 0.277 e. The molecule has 0 saturated carbocycles. The lowest BCUT2D eigenvalue weighted by atomic mass is 10.2. The van der Waals surface area contributed by atoms with E-state index in [4.69, 9.17) is 21.1 Å². The molecule has 0 bridgehead atoms. The van der Waals surface area contributed by atoms with E-state index < -0.39 is 4.92 Å². The summed E-state index contributed by atoms with van der Waals surface area (Å²) in [4.78, 5) is 10.5. The Kier molecular flexibility index (Phi) is 5.03. The van der Waals surface area contributed by atoms with Crippen molar-refractivity contribution in [1.82, 2.24) is 0 Å². The molecule has 0 amide bonds. The molecule has 2 aromatic carbocycles. The highest BCUT2D eigenvalue weighted by molar-refractivity contribution is 9.10. The van der Waals surface area contributed by atoms with Crippen molar-refractivity contribution in [2.75, 3.05) is 7.11 Å². The fourth-order valence-corrected chi connectivity index (χ4v) is 2.35. The van der Waals surface area contributed by atoms with Crippen LogP contribution in [0.1, 0.15) is 5.56 Å². The van der Waals surface area contributed by atoms with Gasteiger partial charge in [0.1, 0.15) is 18.1 Å². The van der Waals surface area contributed by atoms with Gasteiger partial charge in [0.15, 0.2) is 0 Å². The lowest BCUT2D eigenvalue weighted by molar-refractivity contribution is -0.385. The molecule has 21 heavy (non-hydrogen) atoms. The normalized spacial score (nSPS) is 10.2. The molecular weight excluding hydrogens is 362 g/mol. The van der Waals surface area contributed by atoms with Crippen LogP contribution in [-0.2, 0) is 6.61 Å². The molecule has 2 rings (SSSR count). The Bertz CT molecular complexity index is 678. The lowest BCUT2D eigenvalue weighted by Gasteiger charge is -2.10. The molecule has 0 aliphatic carbocycles. The summed E-state index contributed by atoms with van der Waals surface area (Å²) in [5, 5.41) is 11.3. The summed E-state index contributed by atoms with van der Waals surface area (Å²) in [6.45, 7) is 0.0679. The van der Waals surface area contributed by atoms with Crippen LogP contribution in [0.2, 0.25) is 5.02 Å². The van der Waals surface area contributed by atoms with Gasteiger partial charge in [0.2, 0.25) is 0 Å². The van der Waals surface area contributed by atoms with Gasteiger partial charge in [-0.25, -0.2) is 0 Å². The predicted molar refractivity (Wildman–Crippen MR) is 83.1 cm³/mol. The van der Waals surface area contributed by atoms with Crippen molar-refractivity contribution in [3.63, 3.8) is 0 Å². The second-order valence-corrected chi connectivity index (χ2v) is 5.41. The van der Waals surface area contributed by atoms with Crippen LogP contribution in [0.4, 0.5) is 5.69 Å². The average Bonchev–Trinajstić information content (AvgIpc) is 2.46. The van der Waals surface area contributed by atoms with Crippen molar-refractivity contribution in [3.8, 4) is 11.5 Å². The van der Waals surface area contributed by atoms with E-state index in [1.807, 2.05) is 0 Å². The van der Waals surface area contributed by atoms with E-state index in [0.717, 1.165) is 0 Å². The topological polar surface area (TPSA) is 61.6 Å². The molecule has 0 unspecified atom stereocenters. The lowest BCUT2D eigenvalue weighted by Crippen LogP contribution is -2.01. The molecule has 2 aromatic rings. The number of hydrogen-bond donors (Lipinski definition) is 0. The third-order valence-corrected chi connectivity index (χ3v) is 3.62. The maximum Gasteiger partial charge on any atom is 0.277 e. The second-order valence-electron chi connectivity index (χ2n) is 4.12. The monoisotopic (exact) mass is 371 g/mol. The van der Waals surface area contributed by atoms with Crippen LogP contribution in [0.25, 0.3) is 0 Å². The van der Waals surface area contributed by atoms with Crippen molar-refractivity contribution < 1.29 is 14.4 Å². The van der Waals surface area contributed by atoms with Gasteiger partial charge in [-0.15, -0.1) is 0 Å². The highest BCUT2D eigenvalue weighted by Gasteiger charge is 2.15. The highest BCUT2D eigenvalue weighted by atomic mass is 79.9. The average molecular weight is 373 g/mol. The van der Waals surface area contributed by atoms with Gasteiger partial charge >= 0.3 is 0 Å². The number of methoxy groups -OCH3 is 1. The molecular formula is C14H11BrClNO4. The molecule has 7 heteroatoms. The van der Waals surface area contributed by atoms with Crippen LogP contribution in [0.5, 0.6) is 11.5 Å². The number of benzene rings is 2. The summed E-state index contributed by atoms with van der Waals surface area (Å²) in [6, 6.07) is 9.71. The zero-order chi connectivity index (χ0) is 15.4. The molecule has 0 spiro atoms. The minimum atomic E-state index is -0.479. The fourth-order valence-electron chi connectivity index (χ4n) is 1.71. The maximum atomic E-state index is 11.0. The van der Waals surface area contributed by atoms with E-state index in [2.05, 4.69) is 15.9 Å². The number of nitro benzene ring substituents is 1. The van der Waals surface area contributed by atoms with E-state index >= 15 is 0 Å². The quantitative estimate of drug-likeness (QED) is 0.568. The summed E-state index contributed by atoms with van der Waals surface area (Å²) < 4.78 is 11.4. The number of hydrogen-bond acceptors (Lipinski definition) is 4. The second kappa shape index (κ2) is 6.78. The third-order valence-electron chi connectivity index (χ3n) is 2.77. The van der Waals surface area contributed by atoms with E-state index in [0.29, 0.717) is 26.6 Å². The van der Waals surface area contributed by atoms with Gasteiger partial charge in [-0.05, 0) is 46.3 Å². The Labute approximate surface area is 134 Å². The first kappa shape index (κ1) is 15.6. The minimum Gasteiger partial charge on any atom is -0.497 e. The van der Waals surface area contributed by atoms with E-state index in [1.54, 1.807) is 37.4 Å². The number of ether oxygens (including phenoxy) is 2. The van der Waals surface area contributed by atoms with Crippen molar-refractivity contribution >= 4 is 33.2 Å². The van der Waals surface area contributed by atoms with Gasteiger partial charge in [0.05, 0.1) is 22.1 Å². The van der Waals surface area contributed by atoms with Gasteiger partial charge in [0, 0.05) is 11.1 Å². The SMILES string of the molecule is COc1ccc(OCc2ccc(Cl)cc2[N+](=O)[O-])c(Br)c1. The highest BCUT2D eigenvalue weighted by Crippen LogP contribution is 2.31. The van der Waals surface area contributed by atoms with Crippen LogP contribution in [0.15, 0.2) is 40.9 Å². The van der Waals surface area contributed by atoms with Crippen LogP contribution < -0.4 is 9.47 Å². The first-order chi connectivity index (χ1) is 10.0. The van der Waals surface area contributed by atoms with Crippen LogP contribution in [0.3, 0.4) is 0 Å². The van der Waals surface area contributed by atoms with Crippen molar-refractivity contribution in [1.29, 1.82) is 0 Å². The zero-order valence-corrected chi connectivity index (χ0v) is 13.3. The Morgan fingerprint density at radius 2 is 2.05 bits per heavy atom. The Morgan fingerprint density at radius 1 is 1.29 bits per heavy atom. The third kappa shape index (κ3) is 3.86. The molecule has 0 saturated heterocycles. The van der Waals surface area contributed by atoms with Crippen LogP contribution >= 0.6 is 27.5 Å². The molecule has 5 nitrogen and oxygen atoms in total. The summed E-state index contributed by atoms with van der Waals surface area (Å²) in [6.07, 6.45) is 0. The predicted octanol–water partition coefficient (Wildman–Crippen LogP) is 4.60. The molecule has 0 fully saturated rings. The minimum absolute atomic E-state index is 0.0628. The van der Waals surface area contributed by atoms with Gasteiger partial charge in [0.25, 0.3) is 5.69 Å². The van der Waals surface area contributed by atoms with Crippen molar-refractivity contribution in [2.24, 2.45) is 0 Å². The molecule has 110 valence electrons. The molecule has 0 aliphatic rings. The summed E-state index contributed by atoms with van der Waals surface area (Å²) in [5.74, 6) is 1.26. The Morgan fingerprint density at radius 3 is 2.67 bits per heavy atom. The zero-order valence-electron chi connectivity index (χ0n) is 11.0. The molecule has 0 aromatic heterocycles. The van der Waals surface area contributed by atoms with E-state index in [-0.39, 0.29) is 12.3 Å². The largest absolute Gasteiger partial charge is 0.497 e. The fraction of sp³-hybridized carbons (Fsp3) is 0.143. The van der Waals surface area contributed by atoms with Crippen molar-refractivity contribution in [2.45, 2.75) is 6.61 Å². The number of rotatable bonds is 5. The maximum absolute atomic E-state index is 11.0. The summed E-state index contributed by atoms with van der Waals surface area (Å²) in [7, 11) is 1.57. The number of halogens is 2. The van der Waals surface area contributed by atoms with Crippen molar-refractivity contribution in [3.05, 3.63) is 61.6 Å². The Hall–Kier alpha value is -1.79. The molecule has 0 N–H and O–H groups in total. The summed E-state index contributed by atoms with van der Waals surface area (Å²) >= 11 is 9.13. The standard InChI is InChI=1S/C14H11BrClNO4/c1-20-11-4-5-14(12(15)7-11)21-8-9-2-3-10(16)6-13(9)17(18)19/h2-7H,8H2,1H3. The molecule has 0 heterocycles. The number of nitrogens with zero attached hydrogens (tertiary/aromatic N) is 1. The van der Waals surface area contributed by atoms with Gasteiger partial charge in [-0.3, -0.25) is 10.1 Å². The summed E-state index contributed by atoms with van der Waals surface area (Å²) in [5.41, 5.74) is 0.388. The van der Waals surface area contributed by atoms with Gasteiger partial charge in [-0.1, -0.05) is 11.6 Å². The first-order valence-electron chi connectivity index (χ1n) is 5.90. The van der Waals surface area contributed by atoms with Crippen LogP contribution in [0, 0.1) is 10.1 Å². The van der Waals surface area contributed by atoms with Gasteiger partial charge in [-0.2, -0.15) is 0 Å². The number of nitro groups is 1. The first-order valence-corrected chi connectivity index (χ1v) is 7.07. The Balaban J connectivity index is 2.18. The molecule has 0 aliphatic heterocycles. The van der Waals surface area contributed by atoms with Gasteiger partial charge < -0.3 is 9.47 Å². The molecule has 0 atom stereocenters. The van der Waals surface area contributed by atoms with Crippen LogP contribution in [-0.4, -0.2) is 12.0 Å².